The Morgan fingerprint density at radius 3 is 2.45 bits per heavy atom. The third-order valence-electron chi connectivity index (χ3n) is 4.84. The molecule has 0 saturated heterocycles. The first-order valence-corrected chi connectivity index (χ1v) is 11.5. The zero-order chi connectivity index (χ0) is 23.8. The fourth-order valence-electron chi connectivity index (χ4n) is 3.26. The topological polar surface area (TPSA) is 59.6 Å². The lowest BCUT2D eigenvalue weighted by molar-refractivity contribution is -0.116. The lowest BCUT2D eigenvalue weighted by atomic mass is 10.1. The summed E-state index contributed by atoms with van der Waals surface area (Å²) in [6, 6.07) is 18.7. The Morgan fingerprint density at radius 2 is 1.73 bits per heavy atom. The Balaban J connectivity index is 1.65. The summed E-state index contributed by atoms with van der Waals surface area (Å²) in [6.07, 6.45) is 0.485. The van der Waals surface area contributed by atoms with Gasteiger partial charge in [0, 0.05) is 40.5 Å². The number of benzene rings is 3. The van der Waals surface area contributed by atoms with Gasteiger partial charge in [-0.1, -0.05) is 55.2 Å². The van der Waals surface area contributed by atoms with E-state index in [-0.39, 0.29) is 5.91 Å². The molecule has 33 heavy (non-hydrogen) atoms. The van der Waals surface area contributed by atoms with Gasteiger partial charge in [0.1, 0.15) is 6.61 Å². The van der Waals surface area contributed by atoms with Crippen LogP contribution in [0.4, 0.5) is 11.4 Å². The van der Waals surface area contributed by atoms with Gasteiger partial charge in [0.15, 0.2) is 11.5 Å². The summed E-state index contributed by atoms with van der Waals surface area (Å²) in [6.45, 7) is 4.86. The van der Waals surface area contributed by atoms with E-state index in [2.05, 4.69) is 10.6 Å². The fourth-order valence-corrected chi connectivity index (χ4v) is 3.69. The second kappa shape index (κ2) is 11.8. The van der Waals surface area contributed by atoms with Gasteiger partial charge in [-0.2, -0.15) is 0 Å². The maximum atomic E-state index is 12.0. The van der Waals surface area contributed by atoms with E-state index in [9.17, 15) is 4.79 Å². The molecule has 0 aliphatic carbocycles. The fraction of sp³-hybridized carbons (Fsp3) is 0.269. The first-order valence-electron chi connectivity index (χ1n) is 10.7. The number of halogens is 2. The van der Waals surface area contributed by atoms with Crippen molar-refractivity contribution in [2.75, 3.05) is 17.7 Å². The van der Waals surface area contributed by atoms with Gasteiger partial charge in [0.2, 0.25) is 5.91 Å². The maximum absolute atomic E-state index is 12.0. The van der Waals surface area contributed by atoms with Crippen LogP contribution in [0.5, 0.6) is 11.5 Å². The molecule has 7 heteroatoms. The lowest BCUT2D eigenvalue weighted by Gasteiger charge is -2.15. The van der Waals surface area contributed by atoms with Crippen molar-refractivity contribution in [1.82, 2.24) is 0 Å². The minimum atomic E-state index is 0.00305. The molecule has 0 unspecified atom stereocenters. The van der Waals surface area contributed by atoms with Crippen molar-refractivity contribution in [1.29, 1.82) is 0 Å². The van der Waals surface area contributed by atoms with E-state index < -0.39 is 0 Å². The Hall–Kier alpha value is -2.89. The van der Waals surface area contributed by atoms with Crippen molar-refractivity contribution in [3.63, 3.8) is 0 Å². The van der Waals surface area contributed by atoms with Gasteiger partial charge in [0.05, 0.1) is 7.11 Å². The van der Waals surface area contributed by atoms with Crippen LogP contribution in [0, 0.1) is 5.92 Å². The van der Waals surface area contributed by atoms with Crippen molar-refractivity contribution >= 4 is 40.5 Å². The van der Waals surface area contributed by atoms with Crippen molar-refractivity contribution < 1.29 is 14.3 Å². The number of anilines is 2. The Kier molecular flexibility index (Phi) is 8.87. The van der Waals surface area contributed by atoms with Crippen LogP contribution in [0.2, 0.25) is 10.0 Å². The van der Waals surface area contributed by atoms with E-state index in [1.54, 1.807) is 13.2 Å². The first kappa shape index (κ1) is 24.7. The number of carbonyl (C=O) groups excluding carboxylic acids is 1. The van der Waals surface area contributed by atoms with E-state index in [0.29, 0.717) is 47.0 Å². The van der Waals surface area contributed by atoms with Gasteiger partial charge in [-0.05, 0) is 53.4 Å². The predicted octanol–water partition coefficient (Wildman–Crippen LogP) is 7.18. The SMILES string of the molecule is COc1cc(CNc2cccc(NC(=O)CC(C)C)c2)c(Cl)cc1OCc1cccc(Cl)c1. The molecular formula is C26H28Cl2N2O3. The molecule has 3 rings (SSSR count). The lowest BCUT2D eigenvalue weighted by Crippen LogP contribution is -2.13. The summed E-state index contributed by atoms with van der Waals surface area (Å²) >= 11 is 12.6. The van der Waals surface area contributed by atoms with Gasteiger partial charge >= 0.3 is 0 Å². The van der Waals surface area contributed by atoms with Gasteiger partial charge in [-0.25, -0.2) is 0 Å². The summed E-state index contributed by atoms with van der Waals surface area (Å²) in [4.78, 5) is 12.0. The number of rotatable bonds is 10. The zero-order valence-electron chi connectivity index (χ0n) is 19.0. The van der Waals surface area contributed by atoms with Crippen LogP contribution in [0.3, 0.4) is 0 Å². The van der Waals surface area contributed by atoms with E-state index in [4.69, 9.17) is 32.7 Å². The molecule has 5 nitrogen and oxygen atoms in total. The van der Waals surface area contributed by atoms with Crippen molar-refractivity contribution in [2.45, 2.75) is 33.4 Å². The number of nitrogens with one attached hydrogen (secondary N) is 2. The number of methoxy groups -OCH3 is 1. The van der Waals surface area contributed by atoms with Crippen molar-refractivity contribution in [3.8, 4) is 11.5 Å². The number of carbonyl (C=O) groups is 1. The molecule has 0 aliphatic heterocycles. The Morgan fingerprint density at radius 1 is 0.970 bits per heavy atom. The maximum Gasteiger partial charge on any atom is 0.224 e. The Bertz CT molecular complexity index is 1100. The molecule has 0 bridgehead atoms. The molecule has 0 aliphatic rings. The van der Waals surface area contributed by atoms with Gasteiger partial charge in [-0.15, -0.1) is 0 Å². The zero-order valence-corrected chi connectivity index (χ0v) is 20.5. The van der Waals surface area contributed by atoms with E-state index in [1.807, 2.05) is 68.4 Å². The second-order valence-corrected chi connectivity index (χ2v) is 8.94. The van der Waals surface area contributed by atoms with Crippen LogP contribution < -0.4 is 20.1 Å². The molecule has 174 valence electrons. The Labute approximate surface area is 205 Å². The highest BCUT2D eigenvalue weighted by Gasteiger charge is 2.12. The summed E-state index contributed by atoms with van der Waals surface area (Å²) in [5.41, 5.74) is 3.43. The van der Waals surface area contributed by atoms with Gasteiger partial charge in [0.25, 0.3) is 0 Å². The summed E-state index contributed by atoms with van der Waals surface area (Å²) < 4.78 is 11.4. The molecule has 3 aromatic carbocycles. The monoisotopic (exact) mass is 486 g/mol. The van der Waals surface area contributed by atoms with Gasteiger partial charge in [-0.3, -0.25) is 4.79 Å². The molecule has 0 aromatic heterocycles. The molecule has 0 heterocycles. The quantitative estimate of drug-likeness (QED) is 0.318. The van der Waals surface area contributed by atoms with E-state index in [0.717, 1.165) is 22.5 Å². The molecule has 0 atom stereocenters. The molecule has 0 spiro atoms. The molecule has 1 amide bonds. The summed E-state index contributed by atoms with van der Waals surface area (Å²) in [7, 11) is 1.59. The number of amides is 1. The van der Waals surface area contributed by atoms with Crippen molar-refractivity contribution in [2.24, 2.45) is 5.92 Å². The predicted molar refractivity (Wildman–Crippen MR) is 136 cm³/mol. The van der Waals surface area contributed by atoms with Crippen LogP contribution >= 0.6 is 23.2 Å². The highest BCUT2D eigenvalue weighted by molar-refractivity contribution is 6.31. The van der Waals surface area contributed by atoms with E-state index in [1.165, 1.54) is 0 Å². The van der Waals surface area contributed by atoms with E-state index >= 15 is 0 Å². The molecule has 0 radical (unpaired) electrons. The minimum Gasteiger partial charge on any atom is -0.493 e. The minimum absolute atomic E-state index is 0.00305. The first-order chi connectivity index (χ1) is 15.8. The highest BCUT2D eigenvalue weighted by atomic mass is 35.5. The molecule has 2 N–H and O–H groups in total. The highest BCUT2D eigenvalue weighted by Crippen LogP contribution is 2.34. The molecular weight excluding hydrogens is 459 g/mol. The van der Waals surface area contributed by atoms with Crippen LogP contribution in [-0.2, 0) is 17.9 Å². The third-order valence-corrected chi connectivity index (χ3v) is 5.43. The van der Waals surface area contributed by atoms with Crippen LogP contribution in [0.15, 0.2) is 60.7 Å². The standard InChI is InChI=1S/C26H28Cl2N2O3/c1-17(2)10-26(31)30-22-9-5-8-21(13-22)29-15-19-12-24(32-3)25(14-23(19)28)33-16-18-6-4-7-20(27)11-18/h4-9,11-14,17,29H,10,15-16H2,1-3H3,(H,30,31). The molecule has 0 fully saturated rings. The normalized spacial score (nSPS) is 10.7. The summed E-state index contributed by atoms with van der Waals surface area (Å²) in [5.74, 6) is 1.46. The van der Waals surface area contributed by atoms with Crippen LogP contribution in [0.25, 0.3) is 0 Å². The number of hydrogen-bond donors (Lipinski definition) is 2. The number of hydrogen-bond acceptors (Lipinski definition) is 4. The number of ether oxygens (including phenoxy) is 2. The van der Waals surface area contributed by atoms with Crippen LogP contribution in [-0.4, -0.2) is 13.0 Å². The largest absolute Gasteiger partial charge is 0.493 e. The second-order valence-electron chi connectivity index (χ2n) is 8.09. The van der Waals surface area contributed by atoms with Gasteiger partial charge < -0.3 is 20.1 Å². The molecule has 0 saturated carbocycles. The van der Waals surface area contributed by atoms with Crippen LogP contribution in [0.1, 0.15) is 31.4 Å². The average Bonchev–Trinajstić information content (AvgIpc) is 2.76. The third kappa shape index (κ3) is 7.58. The molecule has 3 aromatic rings. The van der Waals surface area contributed by atoms with Crippen molar-refractivity contribution in [3.05, 3.63) is 81.8 Å². The average molecular weight is 487 g/mol. The smallest absolute Gasteiger partial charge is 0.224 e. The summed E-state index contributed by atoms with van der Waals surface area (Å²) in [5, 5.41) is 7.49.